The molecule has 0 spiro atoms. The summed E-state index contributed by atoms with van der Waals surface area (Å²) in [5, 5.41) is 6.38. The lowest BCUT2D eigenvalue weighted by Crippen LogP contribution is -2.32. The summed E-state index contributed by atoms with van der Waals surface area (Å²) in [6.45, 7) is 4.56. The van der Waals surface area contributed by atoms with E-state index < -0.39 is 0 Å². The molecule has 6 heteroatoms. The molecule has 1 aliphatic rings. The summed E-state index contributed by atoms with van der Waals surface area (Å²) < 4.78 is 13.0. The van der Waals surface area contributed by atoms with Crippen LogP contribution in [0.5, 0.6) is 0 Å². The van der Waals surface area contributed by atoms with Crippen LogP contribution in [-0.4, -0.2) is 23.1 Å². The molecular weight excluding hydrogens is 353 g/mol. The van der Waals surface area contributed by atoms with E-state index in [0.717, 1.165) is 30.4 Å². The van der Waals surface area contributed by atoms with Gasteiger partial charge in [0.25, 0.3) is 0 Å². The molecule has 0 saturated carbocycles. The highest BCUT2D eigenvalue weighted by atomic mass is 19.1. The third-order valence-corrected chi connectivity index (χ3v) is 5.04. The maximum absolute atomic E-state index is 13.0. The Bertz CT molecular complexity index is 903. The standard InChI is InChI=1S/C22H24FN5/c1-16-11-14-28(15-12-16)20-8-6-19(7-9-20)26-22-24-13-10-21(27-22)25-18-4-2-17(23)3-5-18/h2-10,13,16H,11-12,14-15H2,1H3,(H2,24,25,26,27). The molecule has 3 aromatic rings. The summed E-state index contributed by atoms with van der Waals surface area (Å²) in [6.07, 6.45) is 4.19. The van der Waals surface area contributed by atoms with Gasteiger partial charge in [0, 0.05) is 36.3 Å². The summed E-state index contributed by atoms with van der Waals surface area (Å²) in [5.74, 6) is 1.71. The monoisotopic (exact) mass is 377 g/mol. The van der Waals surface area contributed by atoms with E-state index in [0.29, 0.717) is 11.8 Å². The molecule has 0 radical (unpaired) electrons. The van der Waals surface area contributed by atoms with Gasteiger partial charge in [0.2, 0.25) is 5.95 Å². The first-order valence-corrected chi connectivity index (χ1v) is 9.63. The van der Waals surface area contributed by atoms with Crippen molar-refractivity contribution in [1.82, 2.24) is 9.97 Å². The highest BCUT2D eigenvalue weighted by Gasteiger charge is 2.15. The largest absolute Gasteiger partial charge is 0.372 e. The lowest BCUT2D eigenvalue weighted by atomic mass is 9.99. The normalized spacial score (nSPS) is 14.7. The smallest absolute Gasteiger partial charge is 0.229 e. The Labute approximate surface area is 164 Å². The van der Waals surface area contributed by atoms with Gasteiger partial charge in [-0.3, -0.25) is 0 Å². The first-order chi connectivity index (χ1) is 13.7. The third-order valence-electron chi connectivity index (χ3n) is 5.04. The van der Waals surface area contributed by atoms with Crippen LogP contribution < -0.4 is 15.5 Å². The van der Waals surface area contributed by atoms with Crippen molar-refractivity contribution >= 4 is 28.8 Å². The number of piperidine rings is 1. The predicted molar refractivity (Wildman–Crippen MR) is 112 cm³/mol. The van der Waals surface area contributed by atoms with Crippen molar-refractivity contribution in [1.29, 1.82) is 0 Å². The van der Waals surface area contributed by atoms with Crippen molar-refractivity contribution in [3.8, 4) is 0 Å². The number of rotatable bonds is 5. The van der Waals surface area contributed by atoms with Gasteiger partial charge in [-0.25, -0.2) is 9.37 Å². The van der Waals surface area contributed by atoms with Crippen LogP contribution in [0.15, 0.2) is 60.8 Å². The van der Waals surface area contributed by atoms with Crippen molar-refractivity contribution in [2.75, 3.05) is 28.6 Å². The number of halogens is 1. The van der Waals surface area contributed by atoms with Crippen LogP contribution in [-0.2, 0) is 0 Å². The molecule has 0 atom stereocenters. The second kappa shape index (κ2) is 8.25. The van der Waals surface area contributed by atoms with E-state index in [9.17, 15) is 4.39 Å². The van der Waals surface area contributed by atoms with Gasteiger partial charge in [0.05, 0.1) is 0 Å². The van der Waals surface area contributed by atoms with E-state index in [1.54, 1.807) is 24.4 Å². The Kier molecular flexibility index (Phi) is 5.37. The quantitative estimate of drug-likeness (QED) is 0.629. The van der Waals surface area contributed by atoms with Crippen LogP contribution in [0.3, 0.4) is 0 Å². The number of nitrogens with one attached hydrogen (secondary N) is 2. The van der Waals surface area contributed by atoms with Crippen molar-refractivity contribution in [2.24, 2.45) is 5.92 Å². The summed E-state index contributed by atoms with van der Waals surface area (Å²) >= 11 is 0. The number of hydrogen-bond donors (Lipinski definition) is 2. The molecular formula is C22H24FN5. The Morgan fingerprint density at radius 1 is 0.893 bits per heavy atom. The summed E-state index contributed by atoms with van der Waals surface area (Å²) in [4.78, 5) is 11.2. The molecule has 2 aromatic carbocycles. The number of nitrogens with zero attached hydrogens (tertiary/aromatic N) is 3. The fourth-order valence-corrected chi connectivity index (χ4v) is 3.32. The zero-order valence-electron chi connectivity index (χ0n) is 15.9. The van der Waals surface area contributed by atoms with Crippen molar-refractivity contribution in [3.63, 3.8) is 0 Å². The molecule has 2 N–H and O–H groups in total. The number of hydrogen-bond acceptors (Lipinski definition) is 5. The van der Waals surface area contributed by atoms with Gasteiger partial charge in [-0.1, -0.05) is 6.92 Å². The minimum Gasteiger partial charge on any atom is -0.372 e. The van der Waals surface area contributed by atoms with Crippen LogP contribution in [0.25, 0.3) is 0 Å². The second-order valence-electron chi connectivity index (χ2n) is 7.24. The van der Waals surface area contributed by atoms with E-state index in [4.69, 9.17) is 0 Å². The van der Waals surface area contributed by atoms with Gasteiger partial charge in [-0.05, 0) is 73.4 Å². The minimum atomic E-state index is -0.266. The number of aromatic nitrogens is 2. The molecule has 0 unspecified atom stereocenters. The first-order valence-electron chi connectivity index (χ1n) is 9.63. The maximum atomic E-state index is 13.0. The Hall–Kier alpha value is -3.15. The molecule has 1 saturated heterocycles. The van der Waals surface area contributed by atoms with Gasteiger partial charge >= 0.3 is 0 Å². The molecule has 1 aliphatic heterocycles. The Morgan fingerprint density at radius 2 is 1.54 bits per heavy atom. The number of anilines is 5. The van der Waals surface area contributed by atoms with Crippen LogP contribution in [0.4, 0.5) is 33.2 Å². The van der Waals surface area contributed by atoms with Crippen molar-refractivity contribution in [3.05, 3.63) is 66.6 Å². The van der Waals surface area contributed by atoms with E-state index in [2.05, 4.69) is 56.7 Å². The molecule has 2 heterocycles. The zero-order valence-corrected chi connectivity index (χ0v) is 15.9. The van der Waals surface area contributed by atoms with Gasteiger partial charge in [0.1, 0.15) is 11.6 Å². The predicted octanol–water partition coefficient (Wildman–Crippen LogP) is 5.34. The number of benzene rings is 2. The van der Waals surface area contributed by atoms with E-state index in [-0.39, 0.29) is 5.82 Å². The van der Waals surface area contributed by atoms with Gasteiger partial charge < -0.3 is 15.5 Å². The molecule has 5 nitrogen and oxygen atoms in total. The molecule has 1 fully saturated rings. The fourth-order valence-electron chi connectivity index (χ4n) is 3.32. The van der Waals surface area contributed by atoms with Crippen LogP contribution >= 0.6 is 0 Å². The van der Waals surface area contributed by atoms with Crippen molar-refractivity contribution < 1.29 is 4.39 Å². The average Bonchev–Trinajstić information content (AvgIpc) is 2.71. The Balaban J connectivity index is 1.40. The SMILES string of the molecule is CC1CCN(c2ccc(Nc3nccc(Nc4ccc(F)cc4)n3)cc2)CC1. The highest BCUT2D eigenvalue weighted by molar-refractivity contribution is 5.61. The summed E-state index contributed by atoms with van der Waals surface area (Å²) in [6, 6.07) is 16.3. The molecule has 0 bridgehead atoms. The molecule has 0 aliphatic carbocycles. The van der Waals surface area contributed by atoms with Gasteiger partial charge in [-0.15, -0.1) is 0 Å². The summed E-state index contributed by atoms with van der Waals surface area (Å²) in [5.41, 5.74) is 2.96. The van der Waals surface area contributed by atoms with E-state index >= 15 is 0 Å². The van der Waals surface area contributed by atoms with E-state index in [1.807, 2.05) is 0 Å². The van der Waals surface area contributed by atoms with E-state index in [1.165, 1.54) is 30.7 Å². The van der Waals surface area contributed by atoms with Crippen LogP contribution in [0.2, 0.25) is 0 Å². The molecule has 28 heavy (non-hydrogen) atoms. The highest BCUT2D eigenvalue weighted by Crippen LogP contribution is 2.25. The zero-order chi connectivity index (χ0) is 19.3. The molecule has 4 rings (SSSR count). The minimum absolute atomic E-state index is 0.266. The molecule has 144 valence electrons. The Morgan fingerprint density at radius 3 is 2.25 bits per heavy atom. The maximum Gasteiger partial charge on any atom is 0.229 e. The van der Waals surface area contributed by atoms with Gasteiger partial charge in [-0.2, -0.15) is 4.98 Å². The third kappa shape index (κ3) is 4.57. The summed E-state index contributed by atoms with van der Waals surface area (Å²) in [7, 11) is 0. The lowest BCUT2D eigenvalue weighted by Gasteiger charge is -2.32. The first kappa shape index (κ1) is 18.2. The van der Waals surface area contributed by atoms with Gasteiger partial charge in [0.15, 0.2) is 0 Å². The fraction of sp³-hybridized carbons (Fsp3) is 0.273. The lowest BCUT2D eigenvalue weighted by molar-refractivity contribution is 0.438. The van der Waals surface area contributed by atoms with Crippen molar-refractivity contribution in [2.45, 2.75) is 19.8 Å². The topological polar surface area (TPSA) is 53.1 Å². The molecule has 1 aromatic heterocycles. The second-order valence-corrected chi connectivity index (χ2v) is 7.24. The molecule has 0 amide bonds. The van der Waals surface area contributed by atoms with Crippen LogP contribution in [0, 0.1) is 11.7 Å². The average molecular weight is 377 g/mol. The van der Waals surface area contributed by atoms with Crippen LogP contribution in [0.1, 0.15) is 19.8 Å².